The Hall–Kier alpha value is -2.69. The van der Waals surface area contributed by atoms with E-state index in [1.807, 2.05) is 7.05 Å². The minimum absolute atomic E-state index is 0.686. The second kappa shape index (κ2) is 8.13. The summed E-state index contributed by atoms with van der Waals surface area (Å²) in [5.74, 6) is 3.96. The Morgan fingerprint density at radius 1 is 1.11 bits per heavy atom. The zero-order valence-electron chi connectivity index (χ0n) is 16.9. The van der Waals surface area contributed by atoms with Crippen molar-refractivity contribution in [1.29, 1.82) is 0 Å². The number of rotatable bonds is 5. The van der Waals surface area contributed by atoms with Crippen LogP contribution in [-0.4, -0.2) is 45.2 Å². The predicted octanol–water partition coefficient (Wildman–Crippen LogP) is 3.44. The van der Waals surface area contributed by atoms with Crippen molar-refractivity contribution in [3.63, 3.8) is 0 Å². The lowest BCUT2D eigenvalue weighted by Gasteiger charge is -2.32. The van der Waals surface area contributed by atoms with Crippen molar-refractivity contribution >= 4 is 5.96 Å². The van der Waals surface area contributed by atoms with E-state index in [-0.39, 0.29) is 0 Å². The molecule has 0 radical (unpaired) electrons. The molecule has 0 aromatic heterocycles. The number of benzene rings is 2. The number of aliphatic imine (C=N–C) groups is 1. The van der Waals surface area contributed by atoms with Crippen molar-refractivity contribution in [1.82, 2.24) is 10.2 Å². The highest BCUT2D eigenvalue weighted by molar-refractivity contribution is 5.80. The summed E-state index contributed by atoms with van der Waals surface area (Å²) in [6.07, 6.45) is 2.24. The molecular formula is C23H29N3O2. The van der Waals surface area contributed by atoms with Gasteiger partial charge in [0.1, 0.15) is 0 Å². The summed E-state index contributed by atoms with van der Waals surface area (Å²) in [5.41, 5.74) is 4.06. The van der Waals surface area contributed by atoms with E-state index in [4.69, 9.17) is 9.47 Å². The molecule has 0 spiro atoms. The summed E-state index contributed by atoms with van der Waals surface area (Å²) in [4.78, 5) is 6.86. The molecule has 5 nitrogen and oxygen atoms in total. The number of ether oxygens (including phenoxy) is 2. The first-order valence-corrected chi connectivity index (χ1v) is 9.97. The van der Waals surface area contributed by atoms with Crippen LogP contribution in [0.4, 0.5) is 0 Å². The average Bonchev–Trinajstić information content (AvgIpc) is 3.53. The second-order valence-corrected chi connectivity index (χ2v) is 7.59. The van der Waals surface area contributed by atoms with Crippen molar-refractivity contribution in [3.8, 4) is 11.5 Å². The van der Waals surface area contributed by atoms with Gasteiger partial charge in [0.25, 0.3) is 0 Å². The summed E-state index contributed by atoms with van der Waals surface area (Å²) in [5, 5.41) is 3.60. The Balaban J connectivity index is 1.38. The minimum atomic E-state index is 0.686. The van der Waals surface area contributed by atoms with Crippen molar-refractivity contribution in [2.45, 2.75) is 25.3 Å². The van der Waals surface area contributed by atoms with E-state index >= 15 is 0 Å². The van der Waals surface area contributed by atoms with E-state index in [9.17, 15) is 0 Å². The standard InChI is InChI=1S/C23H29N3O2/c1-24-23(25-14-18-11-20(18)16-7-5-4-6-8-16)26-10-9-17-12-21(27-2)22(28-3)13-19(17)15-26/h4-8,12-13,18,20H,9-11,14-15H2,1-3H3,(H,24,25). The fraction of sp³-hybridized carbons (Fsp3) is 0.435. The topological polar surface area (TPSA) is 46.1 Å². The van der Waals surface area contributed by atoms with Gasteiger partial charge < -0.3 is 19.7 Å². The molecule has 0 amide bonds. The van der Waals surface area contributed by atoms with Crippen LogP contribution in [0.2, 0.25) is 0 Å². The highest BCUT2D eigenvalue weighted by Gasteiger charge is 2.38. The van der Waals surface area contributed by atoms with Crippen LogP contribution in [0.15, 0.2) is 47.5 Å². The predicted molar refractivity (Wildman–Crippen MR) is 112 cm³/mol. The van der Waals surface area contributed by atoms with E-state index in [1.54, 1.807) is 14.2 Å². The van der Waals surface area contributed by atoms with Crippen LogP contribution in [0.5, 0.6) is 11.5 Å². The number of hydrogen-bond acceptors (Lipinski definition) is 3. The van der Waals surface area contributed by atoms with Crippen molar-refractivity contribution in [2.75, 3.05) is 34.4 Å². The Morgan fingerprint density at radius 3 is 2.50 bits per heavy atom. The minimum Gasteiger partial charge on any atom is -0.493 e. The van der Waals surface area contributed by atoms with Gasteiger partial charge in [0.15, 0.2) is 17.5 Å². The average molecular weight is 380 g/mol. The van der Waals surface area contributed by atoms with Crippen molar-refractivity contribution in [3.05, 3.63) is 59.2 Å². The van der Waals surface area contributed by atoms with Crippen LogP contribution >= 0.6 is 0 Å². The highest BCUT2D eigenvalue weighted by atomic mass is 16.5. The summed E-state index contributed by atoms with van der Waals surface area (Å²) in [7, 11) is 5.24. The van der Waals surface area contributed by atoms with Gasteiger partial charge in [-0.1, -0.05) is 30.3 Å². The lowest BCUT2D eigenvalue weighted by atomic mass is 9.99. The van der Waals surface area contributed by atoms with Gasteiger partial charge in [-0.3, -0.25) is 4.99 Å². The van der Waals surface area contributed by atoms with Gasteiger partial charge >= 0.3 is 0 Å². The molecule has 2 aromatic rings. The van der Waals surface area contributed by atoms with Gasteiger partial charge in [-0.15, -0.1) is 0 Å². The van der Waals surface area contributed by atoms with Gasteiger partial charge in [-0.2, -0.15) is 0 Å². The Bertz CT molecular complexity index is 850. The molecular weight excluding hydrogens is 350 g/mol. The molecule has 2 aliphatic rings. The third-order valence-electron chi connectivity index (χ3n) is 5.90. The molecule has 0 saturated heterocycles. The van der Waals surface area contributed by atoms with Gasteiger partial charge in [0.2, 0.25) is 0 Å². The molecule has 1 aliphatic heterocycles. The molecule has 1 fully saturated rings. The lowest BCUT2D eigenvalue weighted by molar-refractivity contribution is 0.345. The van der Waals surface area contributed by atoms with Gasteiger partial charge in [-0.25, -0.2) is 0 Å². The first-order chi connectivity index (χ1) is 13.7. The highest BCUT2D eigenvalue weighted by Crippen LogP contribution is 2.46. The van der Waals surface area contributed by atoms with Crippen LogP contribution in [0, 0.1) is 5.92 Å². The van der Waals surface area contributed by atoms with Gasteiger partial charge in [-0.05, 0) is 53.5 Å². The quantitative estimate of drug-likeness (QED) is 0.639. The monoisotopic (exact) mass is 379 g/mol. The second-order valence-electron chi connectivity index (χ2n) is 7.59. The molecule has 0 bridgehead atoms. The Labute approximate surface area is 167 Å². The molecule has 2 aromatic carbocycles. The number of nitrogens with zero attached hydrogens (tertiary/aromatic N) is 2. The Morgan fingerprint density at radius 2 is 1.82 bits per heavy atom. The number of methoxy groups -OCH3 is 2. The van der Waals surface area contributed by atoms with Crippen LogP contribution in [0.1, 0.15) is 29.0 Å². The summed E-state index contributed by atoms with van der Waals surface area (Å²) in [6, 6.07) is 15.0. The number of guanidine groups is 1. The molecule has 5 heteroatoms. The van der Waals surface area contributed by atoms with E-state index in [1.165, 1.54) is 23.1 Å². The molecule has 1 aliphatic carbocycles. The normalized spacial score (nSPS) is 21.1. The van der Waals surface area contributed by atoms with Gasteiger partial charge in [0, 0.05) is 26.7 Å². The molecule has 1 saturated carbocycles. The largest absolute Gasteiger partial charge is 0.493 e. The molecule has 1 N–H and O–H groups in total. The van der Waals surface area contributed by atoms with Gasteiger partial charge in [0.05, 0.1) is 14.2 Å². The number of hydrogen-bond donors (Lipinski definition) is 1. The maximum atomic E-state index is 5.48. The summed E-state index contributed by atoms with van der Waals surface area (Å²) >= 11 is 0. The van der Waals surface area contributed by atoms with Crippen LogP contribution in [-0.2, 0) is 13.0 Å². The number of fused-ring (bicyclic) bond motifs is 1. The molecule has 4 rings (SSSR count). The van der Waals surface area contributed by atoms with E-state index in [0.29, 0.717) is 11.8 Å². The van der Waals surface area contributed by atoms with Crippen LogP contribution in [0.3, 0.4) is 0 Å². The van der Waals surface area contributed by atoms with E-state index < -0.39 is 0 Å². The molecule has 1 heterocycles. The fourth-order valence-electron chi connectivity index (χ4n) is 4.20. The van der Waals surface area contributed by atoms with Crippen molar-refractivity contribution in [2.24, 2.45) is 10.9 Å². The SMILES string of the molecule is CN=C(NCC1CC1c1ccccc1)N1CCc2cc(OC)c(OC)cc2C1. The lowest BCUT2D eigenvalue weighted by Crippen LogP contribution is -2.44. The molecule has 148 valence electrons. The maximum Gasteiger partial charge on any atom is 0.193 e. The number of nitrogens with one attached hydrogen (secondary N) is 1. The zero-order chi connectivity index (χ0) is 19.5. The summed E-state index contributed by atoms with van der Waals surface area (Å²) in [6.45, 7) is 2.76. The molecule has 28 heavy (non-hydrogen) atoms. The van der Waals surface area contributed by atoms with Crippen LogP contribution < -0.4 is 14.8 Å². The van der Waals surface area contributed by atoms with E-state index in [2.05, 4.69) is 57.7 Å². The van der Waals surface area contributed by atoms with Crippen LogP contribution in [0.25, 0.3) is 0 Å². The molecule has 2 unspecified atom stereocenters. The first kappa shape index (κ1) is 18.7. The fourth-order valence-corrected chi connectivity index (χ4v) is 4.20. The maximum absolute atomic E-state index is 5.48. The molecule has 2 atom stereocenters. The third-order valence-corrected chi connectivity index (χ3v) is 5.90. The van der Waals surface area contributed by atoms with E-state index in [0.717, 1.165) is 43.5 Å². The zero-order valence-corrected chi connectivity index (χ0v) is 16.9. The Kier molecular flexibility index (Phi) is 5.42. The summed E-state index contributed by atoms with van der Waals surface area (Å²) < 4.78 is 10.9. The first-order valence-electron chi connectivity index (χ1n) is 9.97. The van der Waals surface area contributed by atoms with Crippen molar-refractivity contribution < 1.29 is 9.47 Å². The third kappa shape index (κ3) is 3.79. The smallest absolute Gasteiger partial charge is 0.193 e.